The highest BCUT2D eigenvalue weighted by Crippen LogP contribution is 2.23. The topological polar surface area (TPSA) is 81.4 Å². The number of rotatable bonds is 5. The Morgan fingerprint density at radius 1 is 1.10 bits per heavy atom. The molecule has 0 aromatic heterocycles. The minimum absolute atomic E-state index is 0.225. The fourth-order valence-electron chi connectivity index (χ4n) is 1.70. The number of nitrogens with one attached hydrogen (secondary N) is 1. The maximum Gasteiger partial charge on any atom is 0.262 e. The van der Waals surface area contributed by atoms with Gasteiger partial charge in [0.05, 0.1) is 16.3 Å². The van der Waals surface area contributed by atoms with E-state index in [0.29, 0.717) is 16.5 Å². The van der Waals surface area contributed by atoms with Crippen LogP contribution in [0.1, 0.15) is 10.4 Å². The lowest BCUT2D eigenvalue weighted by Crippen LogP contribution is -2.22. The molecule has 0 aliphatic rings. The van der Waals surface area contributed by atoms with Crippen molar-refractivity contribution in [1.82, 2.24) is 0 Å². The number of carbonyl (C=O) groups is 2. The molecule has 2 rings (SSSR count). The van der Waals surface area contributed by atoms with Crippen LogP contribution in [-0.4, -0.2) is 18.4 Å². The number of primary amides is 1. The summed E-state index contributed by atoms with van der Waals surface area (Å²) < 4.78 is 5.31. The van der Waals surface area contributed by atoms with Gasteiger partial charge in [0.15, 0.2) is 6.61 Å². The zero-order valence-electron chi connectivity index (χ0n) is 11.0. The van der Waals surface area contributed by atoms with E-state index in [-0.39, 0.29) is 12.2 Å². The van der Waals surface area contributed by atoms with Crippen molar-refractivity contribution in [2.24, 2.45) is 5.73 Å². The molecule has 0 aliphatic carbocycles. The third kappa shape index (κ3) is 3.97. The molecule has 0 unspecified atom stereocenters. The first kappa shape index (κ1) is 14.9. The Hall–Kier alpha value is -2.53. The first-order valence-corrected chi connectivity index (χ1v) is 6.51. The molecule has 3 N–H and O–H groups in total. The molecule has 0 aliphatic heterocycles. The minimum Gasteiger partial charge on any atom is -0.482 e. The molecule has 108 valence electrons. The SMILES string of the molecule is NC(=O)c1ccccc1NC(=O)COc1ccccc1Cl. The summed E-state index contributed by atoms with van der Waals surface area (Å²) in [6, 6.07) is 13.3. The predicted molar refractivity (Wildman–Crippen MR) is 80.5 cm³/mol. The first-order chi connectivity index (χ1) is 10.1. The minimum atomic E-state index is -0.613. The van der Waals surface area contributed by atoms with Gasteiger partial charge in [-0.05, 0) is 24.3 Å². The van der Waals surface area contributed by atoms with Crippen molar-refractivity contribution in [2.45, 2.75) is 0 Å². The van der Waals surface area contributed by atoms with Crippen LogP contribution < -0.4 is 15.8 Å². The summed E-state index contributed by atoms with van der Waals surface area (Å²) in [4.78, 5) is 23.1. The number of carbonyl (C=O) groups excluding carboxylic acids is 2. The Kier molecular flexibility index (Phi) is 4.79. The molecule has 6 heteroatoms. The molecule has 0 atom stereocenters. The molecule has 2 aromatic rings. The Balaban J connectivity index is 2.00. The molecule has 0 saturated heterocycles. The van der Waals surface area contributed by atoms with E-state index < -0.39 is 11.8 Å². The fraction of sp³-hybridized carbons (Fsp3) is 0.0667. The maximum absolute atomic E-state index is 11.8. The molecule has 21 heavy (non-hydrogen) atoms. The van der Waals surface area contributed by atoms with E-state index in [4.69, 9.17) is 22.1 Å². The monoisotopic (exact) mass is 304 g/mol. The zero-order valence-corrected chi connectivity index (χ0v) is 11.8. The van der Waals surface area contributed by atoms with Crippen LogP contribution in [0.4, 0.5) is 5.69 Å². The molecule has 0 heterocycles. The lowest BCUT2D eigenvalue weighted by atomic mass is 10.1. The van der Waals surface area contributed by atoms with Crippen LogP contribution >= 0.6 is 11.6 Å². The van der Waals surface area contributed by atoms with Gasteiger partial charge < -0.3 is 15.8 Å². The van der Waals surface area contributed by atoms with E-state index in [2.05, 4.69) is 5.32 Å². The third-order valence-electron chi connectivity index (χ3n) is 2.66. The fourth-order valence-corrected chi connectivity index (χ4v) is 1.89. The van der Waals surface area contributed by atoms with E-state index in [1.54, 1.807) is 42.5 Å². The number of hydrogen-bond donors (Lipinski definition) is 2. The van der Waals surface area contributed by atoms with Gasteiger partial charge in [0.1, 0.15) is 5.75 Å². The van der Waals surface area contributed by atoms with Crippen LogP contribution in [0.5, 0.6) is 5.75 Å². The smallest absolute Gasteiger partial charge is 0.262 e. The largest absolute Gasteiger partial charge is 0.482 e. The van der Waals surface area contributed by atoms with Crippen molar-refractivity contribution in [3.8, 4) is 5.75 Å². The highest BCUT2D eigenvalue weighted by molar-refractivity contribution is 6.32. The molecule has 5 nitrogen and oxygen atoms in total. The molecule has 0 radical (unpaired) electrons. The highest BCUT2D eigenvalue weighted by Gasteiger charge is 2.11. The van der Waals surface area contributed by atoms with Crippen LogP contribution in [-0.2, 0) is 4.79 Å². The number of para-hydroxylation sites is 2. The molecule has 0 bridgehead atoms. The summed E-state index contributed by atoms with van der Waals surface area (Å²) in [6.07, 6.45) is 0. The number of amides is 2. The van der Waals surface area contributed by atoms with Crippen molar-refractivity contribution >= 4 is 29.1 Å². The summed E-state index contributed by atoms with van der Waals surface area (Å²) in [7, 11) is 0. The molecule has 0 fully saturated rings. The highest BCUT2D eigenvalue weighted by atomic mass is 35.5. The second-order valence-electron chi connectivity index (χ2n) is 4.18. The number of halogens is 1. The van der Waals surface area contributed by atoms with Crippen molar-refractivity contribution in [3.63, 3.8) is 0 Å². The van der Waals surface area contributed by atoms with Crippen LogP contribution in [0.3, 0.4) is 0 Å². The van der Waals surface area contributed by atoms with Crippen molar-refractivity contribution in [3.05, 3.63) is 59.1 Å². The summed E-state index contributed by atoms with van der Waals surface area (Å²) in [5, 5.41) is 2.99. The number of hydrogen-bond acceptors (Lipinski definition) is 3. The van der Waals surface area contributed by atoms with Crippen LogP contribution in [0, 0.1) is 0 Å². The normalized spacial score (nSPS) is 9.95. The van der Waals surface area contributed by atoms with Gasteiger partial charge in [-0.25, -0.2) is 0 Å². The first-order valence-electron chi connectivity index (χ1n) is 6.14. The summed E-state index contributed by atoms with van der Waals surface area (Å²) in [5.41, 5.74) is 5.82. The number of nitrogens with two attached hydrogens (primary N) is 1. The predicted octanol–water partition coefficient (Wildman–Crippen LogP) is 2.46. The van der Waals surface area contributed by atoms with Gasteiger partial charge in [-0.1, -0.05) is 35.9 Å². The maximum atomic E-state index is 11.8. The molecular weight excluding hydrogens is 292 g/mol. The van der Waals surface area contributed by atoms with Crippen molar-refractivity contribution in [2.75, 3.05) is 11.9 Å². The Morgan fingerprint density at radius 2 is 1.76 bits per heavy atom. The van der Waals surface area contributed by atoms with Gasteiger partial charge in [-0.3, -0.25) is 9.59 Å². The average molecular weight is 305 g/mol. The molecule has 2 amide bonds. The van der Waals surface area contributed by atoms with Gasteiger partial charge in [0, 0.05) is 0 Å². The van der Waals surface area contributed by atoms with Crippen molar-refractivity contribution in [1.29, 1.82) is 0 Å². The van der Waals surface area contributed by atoms with Crippen LogP contribution in [0.2, 0.25) is 5.02 Å². The lowest BCUT2D eigenvalue weighted by Gasteiger charge is -2.10. The number of ether oxygens (including phenoxy) is 1. The number of benzene rings is 2. The molecular formula is C15H13ClN2O3. The number of anilines is 1. The van der Waals surface area contributed by atoms with Gasteiger partial charge in [-0.2, -0.15) is 0 Å². The average Bonchev–Trinajstić information content (AvgIpc) is 2.47. The summed E-state index contributed by atoms with van der Waals surface area (Å²) in [5.74, 6) is -0.612. The summed E-state index contributed by atoms with van der Waals surface area (Å²) in [6.45, 7) is -0.225. The van der Waals surface area contributed by atoms with Gasteiger partial charge in [-0.15, -0.1) is 0 Å². The lowest BCUT2D eigenvalue weighted by molar-refractivity contribution is -0.118. The van der Waals surface area contributed by atoms with E-state index >= 15 is 0 Å². The van der Waals surface area contributed by atoms with Crippen molar-refractivity contribution < 1.29 is 14.3 Å². The summed E-state index contributed by atoms with van der Waals surface area (Å²) >= 11 is 5.92. The van der Waals surface area contributed by atoms with E-state index in [0.717, 1.165) is 0 Å². The Morgan fingerprint density at radius 3 is 2.48 bits per heavy atom. The third-order valence-corrected chi connectivity index (χ3v) is 2.97. The van der Waals surface area contributed by atoms with E-state index in [1.165, 1.54) is 6.07 Å². The molecule has 0 spiro atoms. The van der Waals surface area contributed by atoms with E-state index in [9.17, 15) is 9.59 Å². The second kappa shape index (κ2) is 6.76. The van der Waals surface area contributed by atoms with Gasteiger partial charge in [0.2, 0.25) is 0 Å². The Bertz CT molecular complexity index is 673. The Labute approximate surface area is 126 Å². The van der Waals surface area contributed by atoms with Crippen LogP contribution in [0.25, 0.3) is 0 Å². The van der Waals surface area contributed by atoms with Gasteiger partial charge in [0.25, 0.3) is 11.8 Å². The van der Waals surface area contributed by atoms with Gasteiger partial charge >= 0.3 is 0 Å². The zero-order chi connectivity index (χ0) is 15.2. The van der Waals surface area contributed by atoms with E-state index in [1.807, 2.05) is 0 Å². The molecule has 2 aromatic carbocycles. The molecule has 0 saturated carbocycles. The second-order valence-corrected chi connectivity index (χ2v) is 4.58. The van der Waals surface area contributed by atoms with Crippen LogP contribution in [0.15, 0.2) is 48.5 Å². The standard InChI is InChI=1S/C15H13ClN2O3/c16-11-6-2-4-8-13(11)21-9-14(19)18-12-7-3-1-5-10(12)15(17)20/h1-8H,9H2,(H2,17,20)(H,18,19). The quantitative estimate of drug-likeness (QED) is 0.890.